The minimum Gasteiger partial charge on any atom is -0.445 e. The zero-order chi connectivity index (χ0) is 27.5. The summed E-state index contributed by atoms with van der Waals surface area (Å²) in [7, 11) is 1.77. The van der Waals surface area contributed by atoms with Gasteiger partial charge in [-0.2, -0.15) is 0 Å². The lowest BCUT2D eigenvalue weighted by Gasteiger charge is -2.61. The Hall–Kier alpha value is -1.51. The van der Waals surface area contributed by atoms with Gasteiger partial charge in [-0.05, 0) is 69.2 Å². The van der Waals surface area contributed by atoms with Crippen molar-refractivity contribution in [1.82, 2.24) is 10.2 Å². The molecule has 8 nitrogen and oxygen atoms in total. The lowest BCUT2D eigenvalue weighted by molar-refractivity contribution is -0.195. The molecule has 2 aliphatic heterocycles. The number of nitrogens with one attached hydrogen (secondary N) is 1. The molecule has 38 heavy (non-hydrogen) atoms. The van der Waals surface area contributed by atoms with E-state index in [1.165, 1.54) is 0 Å². The predicted octanol–water partition coefficient (Wildman–Crippen LogP) is 4.06. The SMILES string of the molecule is CCOC[C@]1(C)C[C@@H](OC(=O)NC(=O)[C@H]2CN3CC[C@H]2C3)[C@@]2(C)C3[C@H](OC)CCC3(CC[C@H]2C)[C@@H](C)C1=O. The molecule has 11 atom stereocenters. The molecule has 4 bridgehead atoms. The largest absolute Gasteiger partial charge is 0.445 e. The number of Topliss-reactive ketones (excluding diaryl/α,β-unsaturated/α-hetero) is 1. The second-order valence-electron chi connectivity index (χ2n) is 13.6. The lowest BCUT2D eigenvalue weighted by atomic mass is 9.44. The van der Waals surface area contributed by atoms with Gasteiger partial charge in [0, 0.05) is 44.1 Å². The van der Waals surface area contributed by atoms with E-state index in [4.69, 9.17) is 14.2 Å². The van der Waals surface area contributed by atoms with E-state index in [2.05, 4.69) is 31.0 Å². The smallest absolute Gasteiger partial charge is 0.414 e. The first-order valence-electron chi connectivity index (χ1n) is 14.9. The number of ketones is 1. The Labute approximate surface area is 227 Å². The van der Waals surface area contributed by atoms with E-state index < -0.39 is 23.0 Å². The Kier molecular flexibility index (Phi) is 7.49. The Bertz CT molecular complexity index is 957. The van der Waals surface area contributed by atoms with Crippen LogP contribution in [0.1, 0.15) is 73.1 Å². The summed E-state index contributed by atoms with van der Waals surface area (Å²) >= 11 is 0. The van der Waals surface area contributed by atoms with Crippen molar-refractivity contribution in [3.8, 4) is 0 Å². The van der Waals surface area contributed by atoms with Gasteiger partial charge < -0.3 is 19.1 Å². The van der Waals surface area contributed by atoms with Gasteiger partial charge in [0.25, 0.3) is 0 Å². The second-order valence-corrected chi connectivity index (χ2v) is 13.6. The molecule has 2 saturated heterocycles. The molecule has 5 aliphatic rings. The summed E-state index contributed by atoms with van der Waals surface area (Å²) in [5.74, 6) is 0.339. The Morgan fingerprint density at radius 1 is 1.11 bits per heavy atom. The topological polar surface area (TPSA) is 94.2 Å². The number of amides is 2. The molecule has 3 unspecified atom stereocenters. The highest BCUT2D eigenvalue weighted by atomic mass is 16.6. The highest BCUT2D eigenvalue weighted by Gasteiger charge is 2.68. The van der Waals surface area contributed by atoms with Gasteiger partial charge in [-0.15, -0.1) is 0 Å². The lowest BCUT2D eigenvalue weighted by Crippen LogP contribution is -2.64. The molecule has 8 heteroatoms. The van der Waals surface area contributed by atoms with Crippen LogP contribution in [0.4, 0.5) is 4.79 Å². The number of fused-ring (bicyclic) bond motifs is 2. The van der Waals surface area contributed by atoms with Crippen molar-refractivity contribution in [1.29, 1.82) is 0 Å². The number of nitrogens with zero attached hydrogens (tertiary/aromatic N) is 1. The number of carbonyl (C=O) groups excluding carboxylic acids is 3. The fraction of sp³-hybridized carbons (Fsp3) is 0.900. The number of imide groups is 1. The van der Waals surface area contributed by atoms with Crippen molar-refractivity contribution in [2.45, 2.75) is 85.4 Å². The normalized spacial score (nSPS) is 47.8. The summed E-state index contributed by atoms with van der Waals surface area (Å²) in [4.78, 5) is 43.0. The van der Waals surface area contributed by atoms with Crippen molar-refractivity contribution in [2.24, 2.45) is 45.8 Å². The van der Waals surface area contributed by atoms with Gasteiger partial charge in [0.1, 0.15) is 11.9 Å². The molecule has 5 rings (SSSR count). The summed E-state index contributed by atoms with van der Waals surface area (Å²) in [5.41, 5.74) is -1.39. The third-order valence-electron chi connectivity index (χ3n) is 11.9. The zero-order valence-corrected chi connectivity index (χ0v) is 24.2. The molecule has 5 fully saturated rings. The van der Waals surface area contributed by atoms with Crippen molar-refractivity contribution in [3.63, 3.8) is 0 Å². The minimum absolute atomic E-state index is 0.00753. The first kappa shape index (κ1) is 28.0. The highest BCUT2D eigenvalue weighted by Crippen LogP contribution is 2.68. The van der Waals surface area contributed by atoms with Gasteiger partial charge in [0.15, 0.2) is 0 Å². The molecular weight excluding hydrogens is 484 g/mol. The Morgan fingerprint density at radius 3 is 2.47 bits per heavy atom. The third-order valence-corrected chi connectivity index (χ3v) is 11.9. The van der Waals surface area contributed by atoms with Crippen LogP contribution < -0.4 is 5.32 Å². The zero-order valence-electron chi connectivity index (χ0n) is 24.2. The first-order chi connectivity index (χ1) is 18.0. The molecule has 1 N–H and O–H groups in total. The van der Waals surface area contributed by atoms with Crippen LogP contribution in [0.2, 0.25) is 0 Å². The fourth-order valence-corrected chi connectivity index (χ4v) is 9.55. The molecule has 0 radical (unpaired) electrons. The summed E-state index contributed by atoms with van der Waals surface area (Å²) in [6.07, 6.45) is 3.95. The van der Waals surface area contributed by atoms with Crippen LogP contribution in [0.3, 0.4) is 0 Å². The Balaban J connectivity index is 1.48. The summed E-state index contributed by atoms with van der Waals surface area (Å²) in [6.45, 7) is 14.0. The fourth-order valence-electron chi connectivity index (χ4n) is 9.55. The third kappa shape index (κ3) is 4.24. The monoisotopic (exact) mass is 532 g/mol. The molecule has 0 aromatic rings. The molecule has 3 saturated carbocycles. The average Bonchev–Trinajstić information content (AvgIpc) is 3.63. The number of rotatable bonds is 6. The van der Waals surface area contributed by atoms with Gasteiger partial charge in [-0.1, -0.05) is 27.7 Å². The number of piperidine rings is 1. The maximum Gasteiger partial charge on any atom is 0.414 e. The number of alkyl carbamates (subject to hydrolysis) is 1. The van der Waals surface area contributed by atoms with E-state index >= 15 is 0 Å². The number of ether oxygens (including phenoxy) is 3. The summed E-state index contributed by atoms with van der Waals surface area (Å²) in [5, 5.41) is 2.60. The first-order valence-corrected chi connectivity index (χ1v) is 14.9. The van der Waals surface area contributed by atoms with Gasteiger partial charge in [-0.3, -0.25) is 14.9 Å². The van der Waals surface area contributed by atoms with Crippen molar-refractivity contribution < 1.29 is 28.6 Å². The number of methoxy groups -OCH3 is 1. The van der Waals surface area contributed by atoms with E-state index in [0.29, 0.717) is 32.1 Å². The number of hydrogen-bond acceptors (Lipinski definition) is 7. The maximum atomic E-state index is 14.3. The van der Waals surface area contributed by atoms with Crippen molar-refractivity contribution >= 4 is 17.8 Å². The molecule has 2 heterocycles. The summed E-state index contributed by atoms with van der Waals surface area (Å²) in [6, 6.07) is 0. The van der Waals surface area contributed by atoms with Crippen LogP contribution in [0, 0.1) is 45.8 Å². The van der Waals surface area contributed by atoms with Crippen LogP contribution in [-0.2, 0) is 23.8 Å². The van der Waals surface area contributed by atoms with Gasteiger partial charge in [-0.25, -0.2) is 4.79 Å². The second kappa shape index (κ2) is 10.2. The number of carbonyl (C=O) groups is 3. The average molecular weight is 533 g/mol. The molecule has 0 spiro atoms. The van der Waals surface area contributed by atoms with Gasteiger partial charge in [0.2, 0.25) is 5.91 Å². The van der Waals surface area contributed by atoms with E-state index in [9.17, 15) is 14.4 Å². The molecular formula is C30H48N2O6. The van der Waals surface area contributed by atoms with Crippen LogP contribution in [-0.4, -0.2) is 74.8 Å². The van der Waals surface area contributed by atoms with Crippen LogP contribution in [0.25, 0.3) is 0 Å². The van der Waals surface area contributed by atoms with Crippen molar-refractivity contribution in [3.05, 3.63) is 0 Å². The van der Waals surface area contributed by atoms with E-state index in [-0.39, 0.29) is 46.9 Å². The molecule has 2 amide bonds. The minimum atomic E-state index is -0.788. The van der Waals surface area contributed by atoms with Crippen molar-refractivity contribution in [2.75, 3.05) is 40.0 Å². The summed E-state index contributed by atoms with van der Waals surface area (Å²) < 4.78 is 18.3. The van der Waals surface area contributed by atoms with E-state index in [0.717, 1.165) is 45.2 Å². The predicted molar refractivity (Wildman–Crippen MR) is 142 cm³/mol. The van der Waals surface area contributed by atoms with E-state index in [1.54, 1.807) is 7.11 Å². The van der Waals surface area contributed by atoms with E-state index in [1.807, 2.05) is 13.8 Å². The molecule has 3 aliphatic carbocycles. The van der Waals surface area contributed by atoms with Crippen LogP contribution >= 0.6 is 0 Å². The van der Waals surface area contributed by atoms with Crippen LogP contribution in [0.15, 0.2) is 0 Å². The maximum absolute atomic E-state index is 14.3. The highest BCUT2D eigenvalue weighted by molar-refractivity contribution is 5.93. The van der Waals surface area contributed by atoms with Gasteiger partial charge in [0.05, 0.1) is 24.0 Å². The standard InChI is InChI=1S/C30H48N2O6/c1-7-37-17-28(4)14-23(38-27(35)31-26(34)21-16-32-13-10-20(21)15-32)29(5)18(2)8-11-30(19(3)25(28)33)12-9-22(36-6)24(29)30/h18-24H,7-17H2,1-6H3,(H,31,34,35)/t18-,19+,20+,21+,22-,23-,24?,28+,29+,30?/m1/s1. The Morgan fingerprint density at radius 2 is 1.84 bits per heavy atom. The van der Waals surface area contributed by atoms with Crippen LogP contribution in [0.5, 0.6) is 0 Å². The molecule has 0 aromatic carbocycles. The quantitative estimate of drug-likeness (QED) is 0.551. The molecule has 0 aromatic heterocycles. The molecule has 214 valence electrons. The van der Waals surface area contributed by atoms with Gasteiger partial charge >= 0.3 is 6.09 Å². The number of hydrogen-bond donors (Lipinski definition) is 1.